The summed E-state index contributed by atoms with van der Waals surface area (Å²) in [5, 5.41) is 16.2. The molecule has 0 rings (SSSR count). The summed E-state index contributed by atoms with van der Waals surface area (Å²) in [5.41, 5.74) is 10.0. The molecule has 20 heavy (non-hydrogen) atoms. The van der Waals surface area contributed by atoms with Crippen LogP contribution in [0.2, 0.25) is 0 Å². The molecule has 0 aliphatic heterocycles. The Bertz CT molecular complexity index is 294. The Hall–Kier alpha value is -1.80. The van der Waals surface area contributed by atoms with Crippen LogP contribution in [0, 0.1) is 0 Å². The van der Waals surface area contributed by atoms with E-state index in [9.17, 15) is 19.2 Å². The zero-order valence-electron chi connectivity index (χ0n) is 9.87. The number of carbonyl (C=O) groups is 4. The molecule has 0 aromatic rings. The van der Waals surface area contributed by atoms with Crippen LogP contribution in [0.5, 0.6) is 0 Å². The normalized spacial score (nSPS) is 9.70. The van der Waals surface area contributed by atoms with E-state index in [1.807, 2.05) is 0 Å². The lowest BCUT2D eigenvalue weighted by Gasteiger charge is -1.97. The third kappa shape index (κ3) is 25.1. The topological polar surface area (TPSA) is 161 Å². The highest BCUT2D eigenvalue weighted by Gasteiger charge is 2.02. The second kappa shape index (κ2) is 17.2. The lowest BCUT2D eigenvalue weighted by Crippen LogP contribution is -2.22. The fourth-order valence-electron chi connectivity index (χ4n) is 0.707. The highest BCUT2D eigenvalue weighted by molar-refractivity contribution is 5.83. The van der Waals surface area contributed by atoms with Crippen molar-refractivity contribution in [1.82, 2.24) is 0 Å². The van der Waals surface area contributed by atoms with Crippen LogP contribution in [0.1, 0.15) is 40.5 Å². The van der Waals surface area contributed by atoms with Crippen molar-refractivity contribution >= 4 is 24.0 Å². The van der Waals surface area contributed by atoms with E-state index in [2.05, 4.69) is 0 Å². The number of carboxylic acids is 2. The zero-order chi connectivity index (χ0) is 14.6. The summed E-state index contributed by atoms with van der Waals surface area (Å²) in [6.45, 7) is -0.0622. The molecule has 0 aromatic carbocycles. The highest BCUT2D eigenvalue weighted by atomic mass is 16.4. The van der Waals surface area contributed by atoms with E-state index in [1.165, 1.54) is 0 Å². The maximum atomic E-state index is 10.3. The van der Waals surface area contributed by atoms with Crippen molar-refractivity contribution in [3.8, 4) is 0 Å². The molecule has 0 saturated carbocycles. The van der Waals surface area contributed by atoms with Crippen molar-refractivity contribution in [3.63, 3.8) is 0 Å². The van der Waals surface area contributed by atoms with Crippen LogP contribution in [-0.4, -0.2) is 46.8 Å². The molecule has 0 aliphatic rings. The lowest BCUT2D eigenvalue weighted by atomic mass is 10.2. The molecule has 1 atom stereocenters. The minimum absolute atomic E-state index is 0. The van der Waals surface area contributed by atoms with E-state index in [0.29, 0.717) is 6.29 Å². The average Bonchev–Trinajstić information content (AvgIpc) is 2.33. The van der Waals surface area contributed by atoms with Gasteiger partial charge in [-0.25, -0.2) is 0 Å². The molecule has 8 heteroatoms. The number of carbonyl (C=O) groups excluding carboxylic acids is 2. The molecule has 1 unspecified atom stereocenters. The lowest BCUT2D eigenvalue weighted by molar-refractivity contribution is -0.138. The van der Waals surface area contributed by atoms with Crippen LogP contribution in [0.25, 0.3) is 0 Å². The van der Waals surface area contributed by atoms with Gasteiger partial charge in [0.2, 0.25) is 0 Å². The van der Waals surface area contributed by atoms with E-state index in [4.69, 9.17) is 21.7 Å². The standard InChI is InChI=1S/2C5H9NO3.2CH4/c6-4(3-7)1-2-5(8)9;6-3-4(7)1-2-5(8)9;;/h3-4H,1-2,6H2,(H,8,9);1-3,6H2,(H,8,9);2*1H4. The number of aliphatic carboxylic acids is 2. The minimum atomic E-state index is -0.961. The average molecular weight is 294 g/mol. The third-order valence-electron chi connectivity index (χ3n) is 1.71. The van der Waals surface area contributed by atoms with Crippen LogP contribution in [0.15, 0.2) is 0 Å². The summed E-state index contributed by atoms with van der Waals surface area (Å²) in [5.74, 6) is -2.10. The molecule has 0 bridgehead atoms. The Labute approximate surface area is 119 Å². The van der Waals surface area contributed by atoms with E-state index < -0.39 is 18.0 Å². The van der Waals surface area contributed by atoms with Crippen molar-refractivity contribution < 1.29 is 29.4 Å². The molecule has 0 aromatic heterocycles. The molecule has 120 valence electrons. The first-order valence-corrected chi connectivity index (χ1v) is 5.19. The molecule has 6 N–H and O–H groups in total. The predicted molar refractivity (Wildman–Crippen MR) is 75.3 cm³/mol. The van der Waals surface area contributed by atoms with Crippen LogP contribution in [0.3, 0.4) is 0 Å². The number of carboxylic acid groups (broad SMARTS) is 2. The number of Topliss-reactive ketones (excluding diaryl/α,β-unsaturated/α-hetero) is 1. The van der Waals surface area contributed by atoms with Gasteiger partial charge in [0.1, 0.15) is 12.1 Å². The van der Waals surface area contributed by atoms with Gasteiger partial charge >= 0.3 is 11.9 Å². The predicted octanol–water partition coefficient (Wildman–Crippen LogP) is 0.0286. The molecule has 0 radical (unpaired) electrons. The Morgan fingerprint density at radius 1 is 1.00 bits per heavy atom. The van der Waals surface area contributed by atoms with Crippen molar-refractivity contribution in [1.29, 1.82) is 0 Å². The number of hydrogen-bond acceptors (Lipinski definition) is 6. The third-order valence-corrected chi connectivity index (χ3v) is 1.71. The van der Waals surface area contributed by atoms with Gasteiger partial charge in [0, 0.05) is 12.8 Å². The highest BCUT2D eigenvalue weighted by Crippen LogP contribution is 1.90. The smallest absolute Gasteiger partial charge is 0.303 e. The Kier molecular flexibility index (Phi) is 23.0. The molecule has 0 fully saturated rings. The molecule has 0 spiro atoms. The Morgan fingerprint density at radius 2 is 1.45 bits per heavy atom. The monoisotopic (exact) mass is 294 g/mol. The van der Waals surface area contributed by atoms with Crippen LogP contribution in [0.4, 0.5) is 0 Å². The van der Waals surface area contributed by atoms with Gasteiger partial charge in [-0.2, -0.15) is 0 Å². The summed E-state index contributed by atoms with van der Waals surface area (Å²) in [6.07, 6.45) is 0.656. The van der Waals surface area contributed by atoms with E-state index in [0.717, 1.165) is 0 Å². The van der Waals surface area contributed by atoms with Gasteiger partial charge in [-0.05, 0) is 6.42 Å². The maximum absolute atomic E-state index is 10.3. The summed E-state index contributed by atoms with van der Waals surface area (Å²) < 4.78 is 0. The van der Waals surface area contributed by atoms with Crippen LogP contribution in [-0.2, 0) is 19.2 Å². The molecule has 0 aliphatic carbocycles. The SMILES string of the molecule is C.C.NC(C=O)CCC(=O)O.NCC(=O)CCC(=O)O. The number of rotatable bonds is 8. The summed E-state index contributed by atoms with van der Waals surface area (Å²) in [7, 11) is 0. The second-order valence-electron chi connectivity index (χ2n) is 3.37. The first-order valence-electron chi connectivity index (χ1n) is 5.19. The van der Waals surface area contributed by atoms with Gasteiger partial charge in [-0.15, -0.1) is 0 Å². The van der Waals surface area contributed by atoms with Crippen molar-refractivity contribution in [2.45, 2.75) is 46.6 Å². The van der Waals surface area contributed by atoms with Gasteiger partial charge < -0.3 is 26.5 Å². The molecule has 0 amide bonds. The van der Waals surface area contributed by atoms with Crippen molar-refractivity contribution in [2.24, 2.45) is 11.5 Å². The number of nitrogens with two attached hydrogens (primary N) is 2. The van der Waals surface area contributed by atoms with Gasteiger partial charge in [0.25, 0.3) is 0 Å². The Morgan fingerprint density at radius 3 is 1.75 bits per heavy atom. The number of aldehydes is 1. The van der Waals surface area contributed by atoms with Crippen molar-refractivity contribution in [2.75, 3.05) is 6.54 Å². The van der Waals surface area contributed by atoms with E-state index in [1.54, 1.807) is 0 Å². The molecule has 0 heterocycles. The fraction of sp³-hybridized carbons (Fsp3) is 0.667. The number of ketones is 1. The van der Waals surface area contributed by atoms with Gasteiger partial charge in [-0.1, -0.05) is 14.9 Å². The largest absolute Gasteiger partial charge is 0.481 e. The van der Waals surface area contributed by atoms with Gasteiger partial charge in [0.05, 0.1) is 19.0 Å². The molecule has 8 nitrogen and oxygen atoms in total. The quantitative estimate of drug-likeness (QED) is 0.456. The van der Waals surface area contributed by atoms with E-state index in [-0.39, 0.29) is 52.9 Å². The summed E-state index contributed by atoms with van der Waals surface area (Å²) >= 11 is 0. The summed E-state index contributed by atoms with van der Waals surface area (Å²) in [6, 6.07) is -0.624. The van der Waals surface area contributed by atoms with Crippen LogP contribution >= 0.6 is 0 Å². The Balaban J connectivity index is -0.000000116. The summed E-state index contributed by atoms with van der Waals surface area (Å²) in [4.78, 5) is 39.8. The number of hydrogen-bond donors (Lipinski definition) is 4. The van der Waals surface area contributed by atoms with E-state index >= 15 is 0 Å². The molecular formula is C12H26N2O6. The zero-order valence-corrected chi connectivity index (χ0v) is 9.87. The molecular weight excluding hydrogens is 268 g/mol. The molecule has 0 saturated heterocycles. The van der Waals surface area contributed by atoms with Crippen molar-refractivity contribution in [3.05, 3.63) is 0 Å². The van der Waals surface area contributed by atoms with Gasteiger partial charge in [-0.3, -0.25) is 14.4 Å². The first-order chi connectivity index (χ1) is 8.33. The van der Waals surface area contributed by atoms with Crippen LogP contribution < -0.4 is 11.5 Å². The first kappa shape index (κ1) is 26.7. The second-order valence-corrected chi connectivity index (χ2v) is 3.37. The van der Waals surface area contributed by atoms with Gasteiger partial charge in [0.15, 0.2) is 0 Å². The minimum Gasteiger partial charge on any atom is -0.481 e. The fourth-order valence-corrected chi connectivity index (χ4v) is 0.707. The maximum Gasteiger partial charge on any atom is 0.303 e.